The number of aryl methyl sites for hydroxylation is 2. The quantitative estimate of drug-likeness (QED) is 0.692. The standard InChI is InChI=1S/C20H25N5O2/c1-15-18(16(2)27-22-15)6-7-20(26)24-11-9-23(10-12-24)14-17-13-21-19-5-3-4-8-25(17)19/h3-5,8,13H,6-7,9-12,14H2,1-2H3. The summed E-state index contributed by atoms with van der Waals surface area (Å²) in [6, 6.07) is 6.03. The number of rotatable bonds is 5. The molecule has 7 nitrogen and oxygen atoms in total. The maximum Gasteiger partial charge on any atom is 0.222 e. The van der Waals surface area contributed by atoms with Gasteiger partial charge in [-0.2, -0.15) is 0 Å². The van der Waals surface area contributed by atoms with Gasteiger partial charge in [0.15, 0.2) is 0 Å². The third kappa shape index (κ3) is 3.73. The normalized spacial score (nSPS) is 15.6. The molecule has 1 amide bonds. The van der Waals surface area contributed by atoms with E-state index in [0.717, 1.165) is 55.4 Å². The van der Waals surface area contributed by atoms with Crippen molar-refractivity contribution >= 4 is 11.6 Å². The zero-order valence-corrected chi connectivity index (χ0v) is 15.9. The van der Waals surface area contributed by atoms with E-state index in [1.807, 2.05) is 49.3 Å². The van der Waals surface area contributed by atoms with Gasteiger partial charge in [0, 0.05) is 50.9 Å². The van der Waals surface area contributed by atoms with Gasteiger partial charge in [-0.1, -0.05) is 11.2 Å². The SMILES string of the molecule is Cc1noc(C)c1CCC(=O)N1CCN(Cc2cnc3ccccn23)CC1. The molecule has 3 aromatic rings. The average Bonchev–Trinajstić information content (AvgIpc) is 3.24. The van der Waals surface area contributed by atoms with Crippen molar-refractivity contribution in [3.8, 4) is 0 Å². The highest BCUT2D eigenvalue weighted by Gasteiger charge is 2.22. The second-order valence-corrected chi connectivity index (χ2v) is 7.14. The van der Waals surface area contributed by atoms with Crippen LogP contribution in [0.25, 0.3) is 5.65 Å². The highest BCUT2D eigenvalue weighted by molar-refractivity contribution is 5.76. The maximum atomic E-state index is 12.6. The van der Waals surface area contributed by atoms with E-state index in [9.17, 15) is 4.79 Å². The van der Waals surface area contributed by atoms with Crippen LogP contribution in [0.4, 0.5) is 0 Å². The lowest BCUT2D eigenvalue weighted by Crippen LogP contribution is -2.48. The molecule has 0 atom stereocenters. The predicted octanol–water partition coefficient (Wildman–Crippen LogP) is 2.22. The fourth-order valence-corrected chi connectivity index (χ4v) is 3.74. The zero-order valence-electron chi connectivity index (χ0n) is 15.9. The van der Waals surface area contributed by atoms with E-state index in [-0.39, 0.29) is 5.91 Å². The van der Waals surface area contributed by atoms with Gasteiger partial charge in [0.05, 0.1) is 17.6 Å². The third-order valence-electron chi connectivity index (χ3n) is 5.37. The second kappa shape index (κ2) is 7.52. The van der Waals surface area contributed by atoms with Gasteiger partial charge >= 0.3 is 0 Å². The predicted molar refractivity (Wildman–Crippen MR) is 101 cm³/mol. The first-order valence-electron chi connectivity index (χ1n) is 9.44. The van der Waals surface area contributed by atoms with Crippen molar-refractivity contribution in [2.45, 2.75) is 33.2 Å². The lowest BCUT2D eigenvalue weighted by Gasteiger charge is -2.34. The molecule has 4 rings (SSSR count). The molecule has 4 heterocycles. The molecule has 7 heteroatoms. The van der Waals surface area contributed by atoms with Crippen LogP contribution in [0.3, 0.4) is 0 Å². The van der Waals surface area contributed by atoms with Crippen molar-refractivity contribution in [3.63, 3.8) is 0 Å². The topological polar surface area (TPSA) is 66.9 Å². The highest BCUT2D eigenvalue weighted by atomic mass is 16.5. The summed E-state index contributed by atoms with van der Waals surface area (Å²) in [4.78, 5) is 21.4. The Morgan fingerprint density at radius 1 is 1.19 bits per heavy atom. The molecule has 142 valence electrons. The molecule has 1 aliphatic rings. The highest BCUT2D eigenvalue weighted by Crippen LogP contribution is 2.16. The molecule has 1 fully saturated rings. The fourth-order valence-electron chi connectivity index (χ4n) is 3.74. The van der Waals surface area contributed by atoms with Gasteiger partial charge in [0.1, 0.15) is 11.4 Å². The van der Waals surface area contributed by atoms with Gasteiger partial charge in [0.25, 0.3) is 0 Å². The number of hydrogen-bond acceptors (Lipinski definition) is 5. The Balaban J connectivity index is 1.29. The van der Waals surface area contributed by atoms with Crippen molar-refractivity contribution < 1.29 is 9.32 Å². The van der Waals surface area contributed by atoms with Crippen LogP contribution >= 0.6 is 0 Å². The van der Waals surface area contributed by atoms with E-state index >= 15 is 0 Å². The van der Waals surface area contributed by atoms with Gasteiger partial charge in [-0.25, -0.2) is 4.98 Å². The van der Waals surface area contributed by atoms with Crippen LogP contribution in [0.15, 0.2) is 35.1 Å². The summed E-state index contributed by atoms with van der Waals surface area (Å²) in [5.74, 6) is 1.03. The lowest BCUT2D eigenvalue weighted by molar-refractivity contribution is -0.133. The van der Waals surface area contributed by atoms with E-state index in [4.69, 9.17) is 4.52 Å². The van der Waals surface area contributed by atoms with Gasteiger partial charge in [0.2, 0.25) is 5.91 Å². The Morgan fingerprint density at radius 3 is 2.74 bits per heavy atom. The minimum Gasteiger partial charge on any atom is -0.361 e. The van der Waals surface area contributed by atoms with Crippen LogP contribution in [-0.4, -0.2) is 56.4 Å². The first-order chi connectivity index (χ1) is 13.1. The van der Waals surface area contributed by atoms with Crippen LogP contribution in [-0.2, 0) is 17.8 Å². The van der Waals surface area contributed by atoms with Gasteiger partial charge in [-0.3, -0.25) is 9.69 Å². The first-order valence-corrected chi connectivity index (χ1v) is 9.44. The Labute approximate surface area is 158 Å². The number of carbonyl (C=O) groups is 1. The third-order valence-corrected chi connectivity index (χ3v) is 5.37. The average molecular weight is 367 g/mol. The summed E-state index contributed by atoms with van der Waals surface area (Å²) in [6.45, 7) is 8.00. The van der Waals surface area contributed by atoms with E-state index in [1.54, 1.807) is 0 Å². The molecule has 0 aliphatic carbocycles. The van der Waals surface area contributed by atoms with E-state index in [1.165, 1.54) is 5.69 Å². The first kappa shape index (κ1) is 17.7. The fraction of sp³-hybridized carbons (Fsp3) is 0.450. The van der Waals surface area contributed by atoms with Crippen LogP contribution in [0.5, 0.6) is 0 Å². The van der Waals surface area contributed by atoms with Crippen LogP contribution < -0.4 is 0 Å². The second-order valence-electron chi connectivity index (χ2n) is 7.14. The monoisotopic (exact) mass is 367 g/mol. The Bertz CT molecular complexity index is 917. The number of fused-ring (bicyclic) bond motifs is 1. The minimum absolute atomic E-state index is 0.212. The molecule has 0 N–H and O–H groups in total. The molecule has 0 aromatic carbocycles. The Hall–Kier alpha value is -2.67. The lowest BCUT2D eigenvalue weighted by atomic mass is 10.1. The maximum absolute atomic E-state index is 12.6. The van der Waals surface area contributed by atoms with Crippen molar-refractivity contribution in [1.82, 2.24) is 24.3 Å². The van der Waals surface area contributed by atoms with E-state index in [2.05, 4.69) is 19.4 Å². The molecule has 0 unspecified atom stereocenters. The summed E-state index contributed by atoms with van der Waals surface area (Å²) < 4.78 is 7.31. The number of nitrogens with zero attached hydrogens (tertiary/aromatic N) is 5. The number of carbonyl (C=O) groups excluding carboxylic acids is 1. The number of piperazine rings is 1. The van der Waals surface area contributed by atoms with Crippen molar-refractivity contribution in [1.29, 1.82) is 0 Å². The number of hydrogen-bond donors (Lipinski definition) is 0. The van der Waals surface area contributed by atoms with E-state index < -0.39 is 0 Å². The van der Waals surface area contributed by atoms with Gasteiger partial charge in [-0.05, 0) is 32.4 Å². The summed E-state index contributed by atoms with van der Waals surface area (Å²) >= 11 is 0. The molecular weight excluding hydrogens is 342 g/mol. The van der Waals surface area contributed by atoms with Gasteiger partial charge in [-0.15, -0.1) is 0 Å². The van der Waals surface area contributed by atoms with Crippen molar-refractivity contribution in [3.05, 3.63) is 53.3 Å². The molecule has 27 heavy (non-hydrogen) atoms. The minimum atomic E-state index is 0.212. The molecule has 1 aliphatic heterocycles. The van der Waals surface area contributed by atoms with Crippen molar-refractivity contribution in [2.75, 3.05) is 26.2 Å². The molecule has 0 radical (unpaired) electrons. The molecule has 0 spiro atoms. The van der Waals surface area contributed by atoms with Gasteiger partial charge < -0.3 is 13.8 Å². The summed E-state index contributed by atoms with van der Waals surface area (Å²) in [6.07, 6.45) is 5.20. The number of pyridine rings is 1. The number of amides is 1. The smallest absolute Gasteiger partial charge is 0.222 e. The molecule has 0 bridgehead atoms. The molecule has 3 aromatic heterocycles. The Kier molecular flexibility index (Phi) is 4.94. The van der Waals surface area contributed by atoms with Crippen molar-refractivity contribution in [2.24, 2.45) is 0 Å². The number of aromatic nitrogens is 3. The summed E-state index contributed by atoms with van der Waals surface area (Å²) in [5.41, 5.74) is 4.11. The largest absolute Gasteiger partial charge is 0.361 e. The molecule has 1 saturated heterocycles. The Morgan fingerprint density at radius 2 is 2.00 bits per heavy atom. The number of imidazole rings is 1. The zero-order chi connectivity index (χ0) is 18.8. The van der Waals surface area contributed by atoms with Crippen LogP contribution in [0.2, 0.25) is 0 Å². The van der Waals surface area contributed by atoms with Crippen LogP contribution in [0.1, 0.15) is 29.1 Å². The summed E-state index contributed by atoms with van der Waals surface area (Å²) in [7, 11) is 0. The molecular formula is C20H25N5O2. The summed E-state index contributed by atoms with van der Waals surface area (Å²) in [5, 5.41) is 3.96. The molecule has 0 saturated carbocycles. The van der Waals surface area contributed by atoms with E-state index in [0.29, 0.717) is 12.8 Å². The van der Waals surface area contributed by atoms with Crippen LogP contribution in [0, 0.1) is 13.8 Å².